The number of benzene rings is 2. The molecule has 152 valence electrons. The highest BCUT2D eigenvalue weighted by Gasteiger charge is 2.13. The van der Waals surface area contributed by atoms with Gasteiger partial charge in [-0.3, -0.25) is 4.79 Å². The molecule has 2 heterocycles. The minimum Gasteiger partial charge on any atom is -0.489 e. The summed E-state index contributed by atoms with van der Waals surface area (Å²) < 4.78 is 9.42. The number of nitrogens with one attached hydrogen (secondary N) is 1. The first-order chi connectivity index (χ1) is 14.6. The number of aromatic amines is 1. The number of aromatic nitrogens is 5. The van der Waals surface area contributed by atoms with E-state index >= 15 is 0 Å². The maximum absolute atomic E-state index is 12.9. The zero-order valence-corrected chi connectivity index (χ0v) is 18.9. The first-order valence-corrected chi connectivity index (χ1v) is 10.8. The molecule has 0 atom stereocenters. The first kappa shape index (κ1) is 20.5. The molecule has 0 amide bonds. The van der Waals surface area contributed by atoms with Crippen molar-refractivity contribution >= 4 is 31.9 Å². The molecule has 0 spiro atoms. The number of H-pyrrole nitrogens is 1. The molecule has 0 fully saturated rings. The number of halogens is 2. The summed E-state index contributed by atoms with van der Waals surface area (Å²) in [4.78, 5) is 12.9. The fourth-order valence-corrected chi connectivity index (χ4v) is 3.95. The van der Waals surface area contributed by atoms with E-state index in [1.54, 1.807) is 16.8 Å². The van der Waals surface area contributed by atoms with Gasteiger partial charge in [0.15, 0.2) is 5.82 Å². The number of hydrogen-bond donors (Lipinski definition) is 1. The molecule has 1 N–H and O–H groups in total. The zero-order chi connectivity index (χ0) is 20.9. The van der Waals surface area contributed by atoms with Gasteiger partial charge in [-0.15, -0.1) is 5.10 Å². The second kappa shape index (κ2) is 9.36. The standard InChI is InChI=1S/C21H17Br2N5O2/c22-16-6-7-19(30-13-14-4-2-1-3-5-14)15(10-16)8-9-28-12-17(23)11-18(21(28)29)20-24-26-27-25-20/h1-7,10-12H,8-9,13H2,(H,24,25,26,27). The van der Waals surface area contributed by atoms with E-state index in [0.717, 1.165) is 25.8 Å². The van der Waals surface area contributed by atoms with Crippen molar-refractivity contribution < 1.29 is 4.74 Å². The molecule has 0 saturated carbocycles. The van der Waals surface area contributed by atoms with Gasteiger partial charge in [0.25, 0.3) is 5.56 Å². The van der Waals surface area contributed by atoms with Crippen LogP contribution in [0.2, 0.25) is 0 Å². The highest BCUT2D eigenvalue weighted by Crippen LogP contribution is 2.25. The van der Waals surface area contributed by atoms with Crippen LogP contribution in [0.15, 0.2) is 74.5 Å². The fraction of sp³-hybridized carbons (Fsp3) is 0.143. The van der Waals surface area contributed by atoms with E-state index in [1.807, 2.05) is 48.5 Å². The third-order valence-corrected chi connectivity index (χ3v) is 5.46. The summed E-state index contributed by atoms with van der Waals surface area (Å²) in [6, 6.07) is 17.6. The predicted molar refractivity (Wildman–Crippen MR) is 120 cm³/mol. The molecule has 2 aromatic carbocycles. The largest absolute Gasteiger partial charge is 0.489 e. The van der Waals surface area contributed by atoms with E-state index in [-0.39, 0.29) is 5.56 Å². The van der Waals surface area contributed by atoms with Gasteiger partial charge in [-0.25, -0.2) is 5.10 Å². The van der Waals surface area contributed by atoms with Gasteiger partial charge in [-0.05, 0) is 68.2 Å². The summed E-state index contributed by atoms with van der Waals surface area (Å²) in [5.41, 5.74) is 2.35. The molecular weight excluding hydrogens is 514 g/mol. The van der Waals surface area contributed by atoms with E-state index in [4.69, 9.17) is 4.74 Å². The van der Waals surface area contributed by atoms with Crippen molar-refractivity contribution in [3.8, 4) is 17.1 Å². The van der Waals surface area contributed by atoms with Gasteiger partial charge >= 0.3 is 0 Å². The molecule has 0 radical (unpaired) electrons. The van der Waals surface area contributed by atoms with Crippen LogP contribution < -0.4 is 10.3 Å². The van der Waals surface area contributed by atoms with Crippen molar-refractivity contribution in [2.75, 3.05) is 0 Å². The monoisotopic (exact) mass is 529 g/mol. The van der Waals surface area contributed by atoms with Crippen molar-refractivity contribution in [3.63, 3.8) is 0 Å². The Kier molecular flexibility index (Phi) is 6.39. The van der Waals surface area contributed by atoms with Gasteiger partial charge in [0, 0.05) is 21.7 Å². The second-order valence-electron chi connectivity index (χ2n) is 6.60. The first-order valence-electron chi connectivity index (χ1n) is 9.19. The lowest BCUT2D eigenvalue weighted by Gasteiger charge is -2.14. The summed E-state index contributed by atoms with van der Waals surface area (Å²) in [6.45, 7) is 0.958. The van der Waals surface area contributed by atoms with E-state index in [2.05, 4.69) is 52.5 Å². The molecule has 4 rings (SSSR count). The van der Waals surface area contributed by atoms with Gasteiger partial charge < -0.3 is 9.30 Å². The highest BCUT2D eigenvalue weighted by atomic mass is 79.9. The van der Waals surface area contributed by atoms with Gasteiger partial charge in [-0.2, -0.15) is 0 Å². The lowest BCUT2D eigenvalue weighted by atomic mass is 10.1. The van der Waals surface area contributed by atoms with Crippen LogP contribution in [-0.4, -0.2) is 25.2 Å². The van der Waals surface area contributed by atoms with E-state index < -0.39 is 0 Å². The number of tetrazole rings is 1. The number of nitrogens with zero attached hydrogens (tertiary/aromatic N) is 4. The number of ether oxygens (including phenoxy) is 1. The van der Waals surface area contributed by atoms with Gasteiger partial charge in [0.1, 0.15) is 12.4 Å². The second-order valence-corrected chi connectivity index (χ2v) is 8.43. The predicted octanol–water partition coefficient (Wildman–Crippen LogP) is 4.38. The smallest absolute Gasteiger partial charge is 0.261 e. The van der Waals surface area contributed by atoms with Crippen LogP contribution in [0.4, 0.5) is 0 Å². The molecule has 0 aliphatic carbocycles. The summed E-state index contributed by atoms with van der Waals surface area (Å²) in [6.07, 6.45) is 2.38. The topological polar surface area (TPSA) is 85.7 Å². The van der Waals surface area contributed by atoms with E-state index in [0.29, 0.717) is 31.0 Å². The zero-order valence-electron chi connectivity index (χ0n) is 15.8. The molecule has 30 heavy (non-hydrogen) atoms. The van der Waals surface area contributed by atoms with Gasteiger partial charge in [-0.1, -0.05) is 46.3 Å². The van der Waals surface area contributed by atoms with Crippen molar-refractivity contribution in [1.82, 2.24) is 25.2 Å². The molecular formula is C21H17Br2N5O2. The van der Waals surface area contributed by atoms with E-state index in [1.165, 1.54) is 0 Å². The molecule has 4 aromatic rings. The SMILES string of the molecule is O=c1c(-c2nnn[nH]2)cc(Br)cn1CCc1cc(Br)ccc1OCc1ccccc1. The van der Waals surface area contributed by atoms with Crippen LogP contribution in [0.25, 0.3) is 11.4 Å². The van der Waals surface area contributed by atoms with Crippen molar-refractivity contribution in [3.05, 3.63) is 91.2 Å². The molecule has 0 bridgehead atoms. The molecule has 9 heteroatoms. The molecule has 0 aliphatic heterocycles. The van der Waals surface area contributed by atoms with Crippen LogP contribution in [0, 0.1) is 0 Å². The number of pyridine rings is 1. The molecule has 7 nitrogen and oxygen atoms in total. The Morgan fingerprint density at radius 2 is 1.87 bits per heavy atom. The average Bonchev–Trinajstić information content (AvgIpc) is 3.29. The lowest BCUT2D eigenvalue weighted by Crippen LogP contribution is -2.22. The van der Waals surface area contributed by atoms with Gasteiger partial charge in [0.2, 0.25) is 0 Å². The van der Waals surface area contributed by atoms with Crippen molar-refractivity contribution in [2.24, 2.45) is 0 Å². The van der Waals surface area contributed by atoms with Crippen LogP contribution in [0.1, 0.15) is 11.1 Å². The average molecular weight is 531 g/mol. The lowest BCUT2D eigenvalue weighted by molar-refractivity contribution is 0.302. The third-order valence-electron chi connectivity index (χ3n) is 4.53. The quantitative estimate of drug-likeness (QED) is 0.383. The Bertz CT molecular complexity index is 1190. The summed E-state index contributed by atoms with van der Waals surface area (Å²) in [5.74, 6) is 1.13. The van der Waals surface area contributed by atoms with Crippen LogP contribution in [0.3, 0.4) is 0 Å². The van der Waals surface area contributed by atoms with E-state index in [9.17, 15) is 4.79 Å². The molecule has 2 aromatic heterocycles. The molecule has 0 aliphatic rings. The van der Waals surface area contributed by atoms with Crippen LogP contribution in [0.5, 0.6) is 5.75 Å². The van der Waals surface area contributed by atoms with Crippen LogP contribution in [-0.2, 0) is 19.6 Å². The Hall–Kier alpha value is -2.78. The Morgan fingerprint density at radius 3 is 2.63 bits per heavy atom. The van der Waals surface area contributed by atoms with Crippen LogP contribution >= 0.6 is 31.9 Å². The maximum atomic E-state index is 12.9. The minimum atomic E-state index is -0.168. The van der Waals surface area contributed by atoms with Gasteiger partial charge in [0.05, 0.1) is 5.56 Å². The summed E-state index contributed by atoms with van der Waals surface area (Å²) >= 11 is 6.99. The molecule has 0 saturated heterocycles. The number of hydrogen-bond acceptors (Lipinski definition) is 5. The minimum absolute atomic E-state index is 0.168. The number of rotatable bonds is 7. The normalized spacial score (nSPS) is 10.9. The van der Waals surface area contributed by atoms with Crippen molar-refractivity contribution in [1.29, 1.82) is 0 Å². The molecule has 0 unspecified atom stereocenters. The summed E-state index contributed by atoms with van der Waals surface area (Å²) in [5, 5.41) is 13.6. The fourth-order valence-electron chi connectivity index (χ4n) is 3.07. The highest BCUT2D eigenvalue weighted by molar-refractivity contribution is 9.10. The Labute approximate surface area is 189 Å². The number of aryl methyl sites for hydroxylation is 2. The summed E-state index contributed by atoms with van der Waals surface area (Å²) in [7, 11) is 0. The maximum Gasteiger partial charge on any atom is 0.261 e. The third kappa shape index (κ3) is 4.85. The van der Waals surface area contributed by atoms with Crippen molar-refractivity contribution in [2.45, 2.75) is 19.6 Å². The Morgan fingerprint density at radius 1 is 1.03 bits per heavy atom. The Balaban J connectivity index is 1.55.